The zero-order chi connectivity index (χ0) is 32.8. The Morgan fingerprint density at radius 3 is 2.70 bits per heavy atom. The Bertz CT molecular complexity index is 1500. The fourth-order valence-electron chi connectivity index (χ4n) is 8.30. The second-order valence-electron chi connectivity index (χ2n) is 13.9. The molecule has 2 aromatic carbocycles. The number of fused-ring (bicyclic) bond motifs is 2. The summed E-state index contributed by atoms with van der Waals surface area (Å²) in [4.78, 5) is 56.3. The van der Waals surface area contributed by atoms with E-state index in [1.807, 2.05) is 62.5 Å². The normalized spacial score (nSPS) is 29.4. The van der Waals surface area contributed by atoms with Gasteiger partial charge in [-0.1, -0.05) is 35.0 Å². The molecule has 0 radical (unpaired) electrons. The van der Waals surface area contributed by atoms with Gasteiger partial charge in [0.2, 0.25) is 11.8 Å². The number of aliphatic hydroxyl groups excluding tert-OH is 1. The van der Waals surface area contributed by atoms with Gasteiger partial charge in [-0.25, -0.2) is 0 Å². The minimum Gasteiger partial charge on any atom is -0.432 e. The largest absolute Gasteiger partial charge is 0.432 e. The summed E-state index contributed by atoms with van der Waals surface area (Å²) in [6.45, 7) is 8.03. The topological polar surface area (TPSA) is 131 Å². The van der Waals surface area contributed by atoms with Crippen molar-refractivity contribution in [1.82, 2.24) is 10.2 Å². The van der Waals surface area contributed by atoms with E-state index in [1.165, 1.54) is 0 Å². The molecule has 3 saturated heterocycles. The Balaban J connectivity index is 1.29. The van der Waals surface area contributed by atoms with Gasteiger partial charge in [-0.15, -0.1) is 0 Å². The van der Waals surface area contributed by atoms with Crippen molar-refractivity contribution in [2.24, 2.45) is 11.8 Å². The molecular weight excluding hydrogens is 668 g/mol. The number of aliphatic hydroxyl groups is 1. The average molecular weight is 714 g/mol. The number of likely N-dealkylation sites (tertiary alicyclic amines) is 1. The van der Waals surface area contributed by atoms with Crippen molar-refractivity contribution in [3.63, 3.8) is 0 Å². The highest BCUT2D eigenvalue weighted by Crippen LogP contribution is 2.60. The SMILES string of the molecule is C[C@H]1[C@H]([Si](C)(C)O)[C@@H](CC(=O)N2CCC[C@H]2CO)O[C@]12C(=O)N(Cc1cccc(NC(=O)C3CCCNC3)c1)c1ccc(Br)cc12. The smallest absolute Gasteiger partial charge is 0.264 e. The predicted molar refractivity (Wildman–Crippen MR) is 182 cm³/mol. The molecule has 46 heavy (non-hydrogen) atoms. The summed E-state index contributed by atoms with van der Waals surface area (Å²) in [5.41, 5.74) is 1.24. The molecule has 4 aliphatic rings. The predicted octanol–water partition coefficient (Wildman–Crippen LogP) is 4.11. The molecule has 4 heterocycles. The first-order chi connectivity index (χ1) is 21.9. The number of carbonyl (C=O) groups excluding carboxylic acids is 3. The summed E-state index contributed by atoms with van der Waals surface area (Å²) in [7, 11) is -2.95. The van der Waals surface area contributed by atoms with Crippen LogP contribution in [0.1, 0.15) is 50.2 Å². The number of hydrogen-bond donors (Lipinski definition) is 4. The third-order valence-electron chi connectivity index (χ3n) is 10.4. The van der Waals surface area contributed by atoms with Crippen molar-refractivity contribution in [2.45, 2.75) is 82.0 Å². The molecule has 248 valence electrons. The average Bonchev–Trinajstić information content (AvgIpc) is 3.68. The second kappa shape index (κ2) is 13.1. The maximum Gasteiger partial charge on any atom is 0.264 e. The van der Waals surface area contributed by atoms with Crippen molar-refractivity contribution in [2.75, 3.05) is 36.5 Å². The van der Waals surface area contributed by atoms with E-state index < -0.39 is 25.9 Å². The van der Waals surface area contributed by atoms with Crippen LogP contribution in [0.15, 0.2) is 46.9 Å². The molecule has 0 aliphatic carbocycles. The first-order valence-electron chi connectivity index (χ1n) is 16.5. The molecule has 0 saturated carbocycles. The van der Waals surface area contributed by atoms with Crippen LogP contribution in [0.25, 0.3) is 0 Å². The van der Waals surface area contributed by atoms with E-state index in [0.717, 1.165) is 53.5 Å². The van der Waals surface area contributed by atoms with Gasteiger partial charge in [0.1, 0.15) is 0 Å². The highest BCUT2D eigenvalue weighted by molar-refractivity contribution is 9.10. The monoisotopic (exact) mass is 712 g/mol. The molecule has 3 fully saturated rings. The molecule has 6 rings (SSSR count). The lowest BCUT2D eigenvalue weighted by atomic mass is 9.82. The highest BCUT2D eigenvalue weighted by atomic mass is 79.9. The van der Waals surface area contributed by atoms with Crippen LogP contribution < -0.4 is 15.5 Å². The van der Waals surface area contributed by atoms with E-state index in [0.29, 0.717) is 18.8 Å². The molecule has 0 aromatic heterocycles. The summed E-state index contributed by atoms with van der Waals surface area (Å²) in [6, 6.07) is 13.1. The maximum absolute atomic E-state index is 14.8. The van der Waals surface area contributed by atoms with Gasteiger partial charge in [0, 0.05) is 40.3 Å². The molecule has 12 heteroatoms. The molecule has 4 N–H and O–H groups in total. The van der Waals surface area contributed by atoms with Gasteiger partial charge in [0.15, 0.2) is 13.9 Å². The fourth-order valence-corrected chi connectivity index (χ4v) is 11.2. The van der Waals surface area contributed by atoms with E-state index in [9.17, 15) is 24.3 Å². The Kier molecular flexibility index (Phi) is 9.50. The standard InChI is InChI=1S/C34H45BrN4O6Si/c1-21-31(46(2,3)44)29(17-30(41)38-14-6-10-26(38)20-40)45-34(21)27-16-24(35)11-12-28(27)39(33(34)43)19-22-7-4-9-25(15-22)37-32(42)23-8-5-13-36-18-23/h4,7,9,11-12,15-16,21,23,26,29,31,36,40,44H,5-6,8,10,13-14,17-20H2,1-3H3,(H,37,42)/t21-,23?,26-,29+,31-,34+/m0/s1. The fraction of sp³-hybridized carbons (Fsp3) is 0.559. The maximum atomic E-state index is 14.8. The molecule has 3 amide bonds. The van der Waals surface area contributed by atoms with Gasteiger partial charge in [-0.05, 0) is 81.2 Å². The summed E-state index contributed by atoms with van der Waals surface area (Å²) >= 11 is 3.60. The number of amides is 3. The van der Waals surface area contributed by atoms with Gasteiger partial charge >= 0.3 is 0 Å². The van der Waals surface area contributed by atoms with Crippen molar-refractivity contribution in [1.29, 1.82) is 0 Å². The minimum absolute atomic E-state index is 0.00872. The second-order valence-corrected chi connectivity index (χ2v) is 18.8. The quantitative estimate of drug-likeness (QED) is 0.303. The molecule has 1 spiro atoms. The van der Waals surface area contributed by atoms with Crippen LogP contribution >= 0.6 is 15.9 Å². The summed E-state index contributed by atoms with van der Waals surface area (Å²) in [5, 5.41) is 16.2. The van der Waals surface area contributed by atoms with E-state index >= 15 is 0 Å². The number of nitrogens with zero attached hydrogens (tertiary/aromatic N) is 2. The van der Waals surface area contributed by atoms with Crippen LogP contribution in [0, 0.1) is 11.8 Å². The van der Waals surface area contributed by atoms with E-state index in [4.69, 9.17) is 4.74 Å². The van der Waals surface area contributed by atoms with E-state index in [-0.39, 0.29) is 54.8 Å². The van der Waals surface area contributed by atoms with Gasteiger partial charge in [-0.2, -0.15) is 0 Å². The Morgan fingerprint density at radius 1 is 1.17 bits per heavy atom. The van der Waals surface area contributed by atoms with Gasteiger partial charge in [0.25, 0.3) is 5.91 Å². The van der Waals surface area contributed by atoms with Crippen LogP contribution in [0.5, 0.6) is 0 Å². The molecule has 1 unspecified atom stereocenters. The molecule has 6 atom stereocenters. The van der Waals surface area contributed by atoms with Crippen molar-refractivity contribution < 1.29 is 29.0 Å². The van der Waals surface area contributed by atoms with Crippen LogP contribution in [0.3, 0.4) is 0 Å². The number of carbonyl (C=O) groups is 3. The first kappa shape index (κ1) is 33.3. The van der Waals surface area contributed by atoms with E-state index in [1.54, 1.807) is 9.80 Å². The lowest BCUT2D eigenvalue weighted by Gasteiger charge is -2.33. The van der Waals surface area contributed by atoms with Gasteiger partial charge in [0.05, 0.1) is 43.3 Å². The first-order valence-corrected chi connectivity index (χ1v) is 20.3. The minimum atomic E-state index is -2.95. The van der Waals surface area contributed by atoms with Gasteiger partial charge < -0.3 is 35.1 Å². The van der Waals surface area contributed by atoms with Gasteiger partial charge in [-0.3, -0.25) is 14.4 Å². The molecular formula is C34H45BrN4O6Si. The van der Waals surface area contributed by atoms with Crippen LogP contribution in [0.2, 0.25) is 18.6 Å². The lowest BCUT2D eigenvalue weighted by Crippen LogP contribution is -2.46. The number of rotatable bonds is 8. The van der Waals surface area contributed by atoms with Crippen molar-refractivity contribution in [3.05, 3.63) is 58.1 Å². The molecule has 4 aliphatic heterocycles. The van der Waals surface area contributed by atoms with Crippen LogP contribution in [-0.4, -0.2) is 79.2 Å². The number of benzene rings is 2. The number of halogens is 1. The number of anilines is 2. The van der Waals surface area contributed by atoms with E-state index in [2.05, 4.69) is 26.6 Å². The number of hydrogen-bond acceptors (Lipinski definition) is 7. The third-order valence-corrected chi connectivity index (χ3v) is 13.4. The molecule has 2 aromatic rings. The zero-order valence-electron chi connectivity index (χ0n) is 26.8. The van der Waals surface area contributed by atoms with Crippen molar-refractivity contribution in [3.8, 4) is 0 Å². The summed E-state index contributed by atoms with van der Waals surface area (Å²) in [6.07, 6.45) is 2.81. The Morgan fingerprint density at radius 2 is 1.98 bits per heavy atom. The van der Waals surface area contributed by atoms with Crippen LogP contribution in [0.4, 0.5) is 11.4 Å². The highest BCUT2D eigenvalue weighted by Gasteiger charge is 2.66. The number of ether oxygens (including phenoxy) is 1. The zero-order valence-corrected chi connectivity index (χ0v) is 29.4. The third kappa shape index (κ3) is 6.08. The molecule has 0 bridgehead atoms. The Labute approximate surface area is 280 Å². The lowest BCUT2D eigenvalue weighted by molar-refractivity contribution is -0.150. The summed E-state index contributed by atoms with van der Waals surface area (Å²) in [5.74, 6) is -0.817. The van der Waals surface area contributed by atoms with Crippen LogP contribution in [-0.2, 0) is 31.3 Å². The Hall–Kier alpha value is -2.61. The number of nitrogens with one attached hydrogen (secondary N) is 2. The summed E-state index contributed by atoms with van der Waals surface area (Å²) < 4.78 is 7.66. The number of piperidine rings is 1. The molecule has 10 nitrogen and oxygen atoms in total. The van der Waals surface area contributed by atoms with Crippen molar-refractivity contribution >= 4 is 53.3 Å².